The first-order valence-corrected chi connectivity index (χ1v) is 9.27. The van der Waals surface area contributed by atoms with E-state index in [-0.39, 0.29) is 24.8 Å². The molecule has 0 bridgehead atoms. The van der Waals surface area contributed by atoms with Crippen molar-refractivity contribution in [3.05, 3.63) is 59.3 Å². The standard InChI is InChI=1S/C21H20N4O3/c1-12-20-15(14-4-2-3-5-16(14)24-20)9-17(23-12)21(26)25-22-10-13-6-7-18-19(8-13)28-11-27-18/h2-8,10,12,17,23-24H,9,11H2,1H3,(H,25,26)/b22-10+. The molecule has 0 fully saturated rings. The number of carbonyl (C=O) groups is 1. The molecule has 0 saturated heterocycles. The highest BCUT2D eigenvalue weighted by molar-refractivity contribution is 5.89. The molecule has 2 atom stereocenters. The van der Waals surface area contributed by atoms with Crippen LogP contribution >= 0.6 is 0 Å². The second-order valence-corrected chi connectivity index (χ2v) is 7.05. The van der Waals surface area contributed by atoms with Gasteiger partial charge in [-0.2, -0.15) is 5.10 Å². The van der Waals surface area contributed by atoms with E-state index in [0.717, 1.165) is 22.5 Å². The van der Waals surface area contributed by atoms with E-state index < -0.39 is 0 Å². The van der Waals surface area contributed by atoms with Gasteiger partial charge in [0, 0.05) is 22.6 Å². The van der Waals surface area contributed by atoms with Crippen LogP contribution in [0.3, 0.4) is 0 Å². The molecule has 2 unspecified atom stereocenters. The zero-order valence-corrected chi connectivity index (χ0v) is 15.4. The van der Waals surface area contributed by atoms with Crippen molar-refractivity contribution >= 4 is 23.0 Å². The molecule has 3 aromatic rings. The Morgan fingerprint density at radius 3 is 3.00 bits per heavy atom. The summed E-state index contributed by atoms with van der Waals surface area (Å²) in [5.41, 5.74) is 6.92. The Morgan fingerprint density at radius 2 is 2.07 bits per heavy atom. The maximum Gasteiger partial charge on any atom is 0.257 e. The number of benzene rings is 2. The van der Waals surface area contributed by atoms with Crippen molar-refractivity contribution in [2.75, 3.05) is 6.79 Å². The van der Waals surface area contributed by atoms with Gasteiger partial charge in [0.25, 0.3) is 5.91 Å². The second-order valence-electron chi connectivity index (χ2n) is 7.05. The first-order valence-electron chi connectivity index (χ1n) is 9.27. The SMILES string of the molecule is CC1NC(C(=O)N/N=C/c2ccc3c(c2)OCO3)Cc2c1[nH]c1ccccc21. The Bertz CT molecular complexity index is 1090. The molecule has 0 radical (unpaired) electrons. The average molecular weight is 376 g/mol. The third-order valence-electron chi connectivity index (χ3n) is 5.24. The van der Waals surface area contributed by atoms with Crippen LogP contribution in [0.4, 0.5) is 0 Å². The Balaban J connectivity index is 1.29. The molecule has 142 valence electrons. The van der Waals surface area contributed by atoms with Gasteiger partial charge in [-0.1, -0.05) is 18.2 Å². The van der Waals surface area contributed by atoms with Crippen LogP contribution in [-0.2, 0) is 11.2 Å². The van der Waals surface area contributed by atoms with E-state index in [1.54, 1.807) is 6.21 Å². The molecule has 2 aliphatic rings. The van der Waals surface area contributed by atoms with Crippen LogP contribution in [0.1, 0.15) is 29.8 Å². The number of rotatable bonds is 3. The highest BCUT2D eigenvalue weighted by Gasteiger charge is 2.30. The molecule has 1 amide bonds. The smallest absolute Gasteiger partial charge is 0.257 e. The lowest BCUT2D eigenvalue weighted by molar-refractivity contribution is -0.123. The minimum Gasteiger partial charge on any atom is -0.454 e. The lowest BCUT2D eigenvalue weighted by Crippen LogP contribution is -2.47. The largest absolute Gasteiger partial charge is 0.454 e. The van der Waals surface area contributed by atoms with E-state index in [4.69, 9.17) is 9.47 Å². The van der Waals surface area contributed by atoms with E-state index >= 15 is 0 Å². The van der Waals surface area contributed by atoms with Gasteiger partial charge in [0.1, 0.15) is 0 Å². The van der Waals surface area contributed by atoms with Gasteiger partial charge in [0.05, 0.1) is 12.3 Å². The van der Waals surface area contributed by atoms with Crippen LogP contribution in [0.2, 0.25) is 0 Å². The van der Waals surface area contributed by atoms with Gasteiger partial charge in [-0.05, 0) is 48.7 Å². The quantitative estimate of drug-likeness (QED) is 0.484. The van der Waals surface area contributed by atoms with Gasteiger partial charge in [0.2, 0.25) is 6.79 Å². The van der Waals surface area contributed by atoms with Crippen LogP contribution in [0.5, 0.6) is 11.5 Å². The van der Waals surface area contributed by atoms with Crippen LogP contribution in [0.25, 0.3) is 10.9 Å². The summed E-state index contributed by atoms with van der Waals surface area (Å²) >= 11 is 0. The van der Waals surface area contributed by atoms with Gasteiger partial charge in [-0.3, -0.25) is 10.1 Å². The number of ether oxygens (including phenoxy) is 2. The highest BCUT2D eigenvalue weighted by Crippen LogP contribution is 2.32. The summed E-state index contributed by atoms with van der Waals surface area (Å²) in [4.78, 5) is 16.1. The van der Waals surface area contributed by atoms with Gasteiger partial charge in [-0.15, -0.1) is 0 Å². The fourth-order valence-corrected chi connectivity index (χ4v) is 3.87. The summed E-state index contributed by atoms with van der Waals surface area (Å²) in [5, 5.41) is 8.64. The van der Waals surface area contributed by atoms with Crippen molar-refractivity contribution in [3.63, 3.8) is 0 Å². The molecular weight excluding hydrogens is 356 g/mol. The minimum absolute atomic E-state index is 0.0599. The minimum atomic E-state index is -0.337. The molecule has 5 rings (SSSR count). The number of amides is 1. The Hall–Kier alpha value is -3.32. The predicted molar refractivity (Wildman–Crippen MR) is 106 cm³/mol. The van der Waals surface area contributed by atoms with Crippen molar-refractivity contribution < 1.29 is 14.3 Å². The number of nitrogens with one attached hydrogen (secondary N) is 3. The molecule has 0 aliphatic carbocycles. The van der Waals surface area contributed by atoms with Crippen LogP contribution < -0.4 is 20.2 Å². The molecule has 28 heavy (non-hydrogen) atoms. The number of aromatic amines is 1. The normalized spacial score (nSPS) is 20.5. The van der Waals surface area contributed by atoms with Crippen LogP contribution in [0, 0.1) is 0 Å². The van der Waals surface area contributed by atoms with Crippen molar-refractivity contribution in [2.24, 2.45) is 5.10 Å². The number of hydrogen-bond donors (Lipinski definition) is 3. The maximum absolute atomic E-state index is 12.6. The number of H-pyrrole nitrogens is 1. The Kier molecular flexibility index (Phi) is 4.02. The zero-order valence-electron chi connectivity index (χ0n) is 15.4. The maximum atomic E-state index is 12.6. The average Bonchev–Trinajstić information content (AvgIpc) is 3.32. The Morgan fingerprint density at radius 1 is 1.21 bits per heavy atom. The number of carbonyl (C=O) groups excluding carboxylic acids is 1. The fourth-order valence-electron chi connectivity index (χ4n) is 3.87. The van der Waals surface area contributed by atoms with E-state index in [9.17, 15) is 4.79 Å². The number of hydrogen-bond acceptors (Lipinski definition) is 5. The van der Waals surface area contributed by atoms with Gasteiger partial charge in [0.15, 0.2) is 11.5 Å². The fraction of sp³-hybridized carbons (Fsp3) is 0.238. The van der Waals surface area contributed by atoms with E-state index in [2.05, 4.69) is 39.9 Å². The van der Waals surface area contributed by atoms with E-state index in [1.807, 2.05) is 30.3 Å². The zero-order chi connectivity index (χ0) is 19.1. The first-order chi connectivity index (χ1) is 13.7. The number of para-hydroxylation sites is 1. The molecule has 7 nitrogen and oxygen atoms in total. The van der Waals surface area contributed by atoms with Crippen molar-refractivity contribution in [1.82, 2.24) is 15.7 Å². The molecule has 7 heteroatoms. The summed E-state index contributed by atoms with van der Waals surface area (Å²) in [6.45, 7) is 2.29. The molecule has 1 aromatic heterocycles. The lowest BCUT2D eigenvalue weighted by atomic mass is 9.94. The summed E-state index contributed by atoms with van der Waals surface area (Å²) in [6.07, 6.45) is 2.22. The Labute approximate surface area is 161 Å². The molecule has 0 saturated carbocycles. The molecule has 2 aromatic carbocycles. The third-order valence-corrected chi connectivity index (χ3v) is 5.24. The van der Waals surface area contributed by atoms with E-state index in [0.29, 0.717) is 12.2 Å². The van der Waals surface area contributed by atoms with Crippen molar-refractivity contribution in [2.45, 2.75) is 25.4 Å². The molecule has 2 aliphatic heterocycles. The summed E-state index contributed by atoms with van der Waals surface area (Å²) in [6, 6.07) is 13.4. The third kappa shape index (κ3) is 2.90. The highest BCUT2D eigenvalue weighted by atomic mass is 16.7. The predicted octanol–water partition coefficient (Wildman–Crippen LogP) is 2.62. The van der Waals surface area contributed by atoms with E-state index in [1.165, 1.54) is 10.9 Å². The monoisotopic (exact) mass is 376 g/mol. The van der Waals surface area contributed by atoms with Crippen molar-refractivity contribution in [3.8, 4) is 11.5 Å². The number of fused-ring (bicyclic) bond motifs is 4. The topological polar surface area (TPSA) is 87.7 Å². The molecule has 0 spiro atoms. The number of hydrazone groups is 1. The summed E-state index contributed by atoms with van der Waals surface area (Å²) in [5.74, 6) is 1.25. The molecule has 3 N–H and O–H groups in total. The first kappa shape index (κ1) is 16.8. The van der Waals surface area contributed by atoms with Crippen LogP contribution in [-0.4, -0.2) is 29.9 Å². The van der Waals surface area contributed by atoms with Crippen molar-refractivity contribution in [1.29, 1.82) is 0 Å². The number of nitrogens with zero attached hydrogens (tertiary/aromatic N) is 1. The number of aromatic nitrogens is 1. The van der Waals surface area contributed by atoms with Gasteiger partial charge < -0.3 is 14.5 Å². The van der Waals surface area contributed by atoms with Gasteiger partial charge in [-0.25, -0.2) is 5.43 Å². The lowest BCUT2D eigenvalue weighted by Gasteiger charge is -2.27. The second kappa shape index (κ2) is 6.69. The summed E-state index contributed by atoms with van der Waals surface area (Å²) in [7, 11) is 0. The summed E-state index contributed by atoms with van der Waals surface area (Å²) < 4.78 is 10.6. The van der Waals surface area contributed by atoms with Crippen LogP contribution in [0.15, 0.2) is 47.6 Å². The van der Waals surface area contributed by atoms with Gasteiger partial charge >= 0.3 is 0 Å². The molecular formula is C21H20N4O3. The molecule has 3 heterocycles.